The molecule has 0 rings (SSSR count). The van der Waals surface area contributed by atoms with Crippen molar-refractivity contribution in [3.63, 3.8) is 0 Å². The van der Waals surface area contributed by atoms with Crippen LogP contribution in [-0.2, 0) is 13.6 Å². The summed E-state index contributed by atoms with van der Waals surface area (Å²) in [5.74, 6) is 0. The minimum Gasteiger partial charge on any atom is -0.309 e. The molecule has 1 atom stereocenters. The second kappa shape index (κ2) is 24.8. The van der Waals surface area contributed by atoms with Crippen LogP contribution in [0, 0.1) is 0 Å². The molecule has 0 amide bonds. The number of rotatable bonds is 26. The molecule has 0 fully saturated rings. The molecular formula is C27H57O3P. The average Bonchev–Trinajstić information content (AvgIpc) is 2.77. The van der Waals surface area contributed by atoms with Crippen LogP contribution < -0.4 is 0 Å². The van der Waals surface area contributed by atoms with E-state index in [9.17, 15) is 4.57 Å². The highest BCUT2D eigenvalue weighted by atomic mass is 31.2. The molecule has 0 N–H and O–H groups in total. The lowest BCUT2D eigenvalue weighted by atomic mass is 10.1. The van der Waals surface area contributed by atoms with E-state index in [0.717, 1.165) is 25.7 Å². The summed E-state index contributed by atoms with van der Waals surface area (Å²) < 4.78 is 24.6. The predicted molar refractivity (Wildman–Crippen MR) is 138 cm³/mol. The van der Waals surface area contributed by atoms with Gasteiger partial charge in [0.15, 0.2) is 0 Å². The summed E-state index contributed by atoms with van der Waals surface area (Å²) in [5, 5.41) is 0. The number of hydrogen-bond donors (Lipinski definition) is 0. The zero-order valence-electron chi connectivity index (χ0n) is 21.6. The minimum atomic E-state index is -2.88. The van der Waals surface area contributed by atoms with Crippen molar-refractivity contribution in [3.05, 3.63) is 0 Å². The fourth-order valence-corrected chi connectivity index (χ4v) is 5.78. The first-order chi connectivity index (χ1) is 15.2. The van der Waals surface area contributed by atoms with Crippen LogP contribution in [0.4, 0.5) is 0 Å². The highest BCUT2D eigenvalue weighted by Gasteiger charge is 2.23. The first kappa shape index (κ1) is 31.1. The molecule has 0 saturated heterocycles. The first-order valence-corrected chi connectivity index (χ1v) is 15.8. The summed E-state index contributed by atoms with van der Waals surface area (Å²) in [6.07, 6.45) is 27.2. The van der Waals surface area contributed by atoms with Gasteiger partial charge in [-0.3, -0.25) is 4.57 Å². The summed E-state index contributed by atoms with van der Waals surface area (Å²) in [4.78, 5) is 0. The molecule has 0 aromatic carbocycles. The fourth-order valence-electron chi connectivity index (χ4n) is 3.93. The van der Waals surface area contributed by atoms with Gasteiger partial charge in [0.2, 0.25) is 0 Å². The molecule has 0 aliphatic rings. The Kier molecular flexibility index (Phi) is 24.9. The highest BCUT2D eigenvalue weighted by molar-refractivity contribution is 7.53. The van der Waals surface area contributed by atoms with E-state index in [-0.39, 0.29) is 0 Å². The van der Waals surface area contributed by atoms with E-state index in [2.05, 4.69) is 20.8 Å². The molecule has 0 spiro atoms. The normalized spacial score (nSPS) is 13.5. The van der Waals surface area contributed by atoms with Gasteiger partial charge in [-0.15, -0.1) is 0 Å². The fraction of sp³-hybridized carbons (Fsp3) is 1.00. The van der Waals surface area contributed by atoms with Gasteiger partial charge in [-0.2, -0.15) is 0 Å². The molecule has 0 bridgehead atoms. The Labute approximate surface area is 196 Å². The molecule has 31 heavy (non-hydrogen) atoms. The van der Waals surface area contributed by atoms with Crippen LogP contribution in [0.25, 0.3) is 0 Å². The van der Waals surface area contributed by atoms with Crippen molar-refractivity contribution >= 4 is 7.60 Å². The lowest BCUT2D eigenvalue weighted by Crippen LogP contribution is -2.03. The molecule has 1 unspecified atom stereocenters. The summed E-state index contributed by atoms with van der Waals surface area (Å²) in [6.45, 7) is 7.84. The Morgan fingerprint density at radius 2 is 0.710 bits per heavy atom. The van der Waals surface area contributed by atoms with Crippen molar-refractivity contribution in [3.8, 4) is 0 Å². The van der Waals surface area contributed by atoms with E-state index in [1.165, 1.54) is 109 Å². The summed E-state index contributed by atoms with van der Waals surface area (Å²) >= 11 is 0. The number of unbranched alkanes of at least 4 members (excludes halogenated alkanes) is 18. The van der Waals surface area contributed by atoms with Crippen LogP contribution >= 0.6 is 7.60 Å². The lowest BCUT2D eigenvalue weighted by Gasteiger charge is -2.18. The van der Waals surface area contributed by atoms with Gasteiger partial charge >= 0.3 is 7.60 Å². The molecule has 0 radical (unpaired) electrons. The van der Waals surface area contributed by atoms with Crippen molar-refractivity contribution < 1.29 is 13.6 Å². The molecule has 0 saturated carbocycles. The van der Waals surface area contributed by atoms with E-state index < -0.39 is 7.60 Å². The second-order valence-electron chi connectivity index (χ2n) is 9.36. The van der Waals surface area contributed by atoms with E-state index >= 15 is 0 Å². The van der Waals surface area contributed by atoms with Gasteiger partial charge in [0.25, 0.3) is 0 Å². The monoisotopic (exact) mass is 460 g/mol. The second-order valence-corrected chi connectivity index (χ2v) is 11.6. The van der Waals surface area contributed by atoms with E-state index in [0.29, 0.717) is 19.4 Å². The Bertz CT molecular complexity index is 387. The maximum Gasteiger partial charge on any atom is 0.330 e. The zero-order valence-corrected chi connectivity index (χ0v) is 22.5. The minimum absolute atomic E-state index is 0.582. The summed E-state index contributed by atoms with van der Waals surface area (Å²) in [5.41, 5.74) is 0. The molecule has 0 aliphatic heterocycles. The van der Waals surface area contributed by atoms with Gasteiger partial charge < -0.3 is 9.05 Å². The Balaban J connectivity index is 3.68. The molecule has 3 nitrogen and oxygen atoms in total. The standard InChI is InChI=1S/C27H57O3P/c1-4-7-10-12-14-15-16-17-18-20-22-24-26-30-31(28,27-9-6-3)29-25-23-21-19-13-11-8-5-2/h4-27H2,1-3H3. The zero-order chi connectivity index (χ0) is 22.9. The summed E-state index contributed by atoms with van der Waals surface area (Å²) in [6, 6.07) is 0. The van der Waals surface area contributed by atoms with Crippen LogP contribution in [0.15, 0.2) is 0 Å². The van der Waals surface area contributed by atoms with E-state index in [1.54, 1.807) is 0 Å². The van der Waals surface area contributed by atoms with Crippen LogP contribution in [-0.4, -0.2) is 19.4 Å². The predicted octanol–water partition coefficient (Wildman–Crippen LogP) is 10.5. The van der Waals surface area contributed by atoms with Gasteiger partial charge in [0, 0.05) is 0 Å². The Morgan fingerprint density at radius 1 is 0.419 bits per heavy atom. The molecule has 0 aromatic heterocycles. The third kappa shape index (κ3) is 23.1. The van der Waals surface area contributed by atoms with Gasteiger partial charge in [0.05, 0.1) is 19.4 Å². The Morgan fingerprint density at radius 3 is 1.03 bits per heavy atom. The van der Waals surface area contributed by atoms with Gasteiger partial charge in [-0.05, 0) is 19.3 Å². The highest BCUT2D eigenvalue weighted by Crippen LogP contribution is 2.49. The smallest absolute Gasteiger partial charge is 0.309 e. The molecule has 188 valence electrons. The molecular weight excluding hydrogens is 403 g/mol. The third-order valence-corrected chi connectivity index (χ3v) is 8.12. The van der Waals surface area contributed by atoms with Crippen molar-refractivity contribution in [2.45, 2.75) is 156 Å². The van der Waals surface area contributed by atoms with Gasteiger partial charge in [-0.1, -0.05) is 136 Å². The largest absolute Gasteiger partial charge is 0.330 e. The van der Waals surface area contributed by atoms with E-state index in [1.807, 2.05) is 0 Å². The Hall–Kier alpha value is 0.150. The van der Waals surface area contributed by atoms with Gasteiger partial charge in [0.1, 0.15) is 0 Å². The third-order valence-electron chi connectivity index (χ3n) is 6.11. The topological polar surface area (TPSA) is 35.5 Å². The molecule has 0 heterocycles. The molecule has 0 aliphatic carbocycles. The van der Waals surface area contributed by atoms with Crippen LogP contribution in [0.5, 0.6) is 0 Å². The molecule has 0 aromatic rings. The van der Waals surface area contributed by atoms with Crippen molar-refractivity contribution in [2.75, 3.05) is 19.4 Å². The average molecular weight is 461 g/mol. The SMILES string of the molecule is CCCCCCCCCCCCCCOP(=O)(CCCC)OCCCCCCCCC. The maximum atomic E-state index is 13.0. The van der Waals surface area contributed by atoms with Crippen molar-refractivity contribution in [1.82, 2.24) is 0 Å². The van der Waals surface area contributed by atoms with Gasteiger partial charge in [-0.25, -0.2) is 0 Å². The van der Waals surface area contributed by atoms with Crippen LogP contribution in [0.1, 0.15) is 156 Å². The quantitative estimate of drug-likeness (QED) is 0.0951. The first-order valence-electron chi connectivity index (χ1n) is 14.1. The number of hydrogen-bond acceptors (Lipinski definition) is 3. The van der Waals surface area contributed by atoms with Crippen molar-refractivity contribution in [2.24, 2.45) is 0 Å². The summed E-state index contributed by atoms with van der Waals surface area (Å²) in [7, 11) is -2.88. The van der Waals surface area contributed by atoms with Crippen LogP contribution in [0.3, 0.4) is 0 Å². The van der Waals surface area contributed by atoms with Crippen molar-refractivity contribution in [1.29, 1.82) is 0 Å². The molecule has 4 heteroatoms. The maximum absolute atomic E-state index is 13.0. The van der Waals surface area contributed by atoms with Crippen LogP contribution in [0.2, 0.25) is 0 Å². The lowest BCUT2D eigenvalue weighted by molar-refractivity contribution is 0.197. The van der Waals surface area contributed by atoms with E-state index in [4.69, 9.17) is 9.05 Å².